The van der Waals surface area contributed by atoms with E-state index in [2.05, 4.69) is 32.8 Å². The molecule has 0 amide bonds. The van der Waals surface area contributed by atoms with Crippen molar-refractivity contribution in [3.05, 3.63) is 16.6 Å². The molecule has 2 N–H and O–H groups in total. The first-order valence-corrected chi connectivity index (χ1v) is 7.77. The first-order valence-electron chi connectivity index (χ1n) is 6.89. The maximum atomic E-state index is 4.36. The largest absolute Gasteiger partial charge is 0.315 e. The van der Waals surface area contributed by atoms with E-state index in [0.29, 0.717) is 5.92 Å². The summed E-state index contributed by atoms with van der Waals surface area (Å²) < 4.78 is 0. The second-order valence-electron chi connectivity index (χ2n) is 4.92. The average molecular weight is 268 g/mol. The number of rotatable bonds is 6. The predicted octanol–water partition coefficient (Wildman–Crippen LogP) is 1.13. The minimum absolute atomic E-state index is 0.524. The summed E-state index contributed by atoms with van der Waals surface area (Å²) in [5.74, 6) is 0.524. The SMILES string of the molecule is CC(CNCCN1CCCNCC1)c1nccs1. The van der Waals surface area contributed by atoms with Crippen LogP contribution in [0.4, 0.5) is 0 Å². The molecule has 0 bridgehead atoms. The topological polar surface area (TPSA) is 40.2 Å². The fraction of sp³-hybridized carbons (Fsp3) is 0.769. The molecule has 1 aromatic rings. The molecule has 0 aromatic carbocycles. The van der Waals surface area contributed by atoms with Gasteiger partial charge in [0.15, 0.2) is 0 Å². The second kappa shape index (κ2) is 7.84. The Morgan fingerprint density at radius 3 is 3.28 bits per heavy atom. The number of hydrogen-bond donors (Lipinski definition) is 2. The van der Waals surface area contributed by atoms with Crippen LogP contribution in [0, 0.1) is 0 Å². The van der Waals surface area contributed by atoms with E-state index in [9.17, 15) is 0 Å². The molecule has 1 aromatic heterocycles. The maximum absolute atomic E-state index is 4.36. The summed E-state index contributed by atoms with van der Waals surface area (Å²) >= 11 is 1.75. The van der Waals surface area contributed by atoms with Gasteiger partial charge in [-0.15, -0.1) is 11.3 Å². The van der Waals surface area contributed by atoms with Crippen LogP contribution in [-0.4, -0.2) is 55.7 Å². The Bertz CT molecular complexity index is 307. The molecule has 18 heavy (non-hydrogen) atoms. The molecule has 2 rings (SSSR count). The first-order chi connectivity index (χ1) is 8.86. The van der Waals surface area contributed by atoms with E-state index < -0.39 is 0 Å². The Kier molecular flexibility index (Phi) is 6.07. The zero-order valence-electron chi connectivity index (χ0n) is 11.2. The van der Waals surface area contributed by atoms with Gasteiger partial charge in [0.1, 0.15) is 0 Å². The minimum atomic E-state index is 0.524. The van der Waals surface area contributed by atoms with Crippen LogP contribution in [0.15, 0.2) is 11.6 Å². The molecule has 0 saturated carbocycles. The van der Waals surface area contributed by atoms with E-state index in [1.54, 1.807) is 11.3 Å². The van der Waals surface area contributed by atoms with Gasteiger partial charge in [-0.05, 0) is 19.5 Å². The lowest BCUT2D eigenvalue weighted by Gasteiger charge is -2.20. The van der Waals surface area contributed by atoms with Gasteiger partial charge in [-0.2, -0.15) is 0 Å². The zero-order valence-corrected chi connectivity index (χ0v) is 12.0. The lowest BCUT2D eigenvalue weighted by molar-refractivity contribution is 0.291. The Hall–Kier alpha value is -0.490. The summed E-state index contributed by atoms with van der Waals surface area (Å²) in [7, 11) is 0. The predicted molar refractivity (Wildman–Crippen MR) is 77.3 cm³/mol. The van der Waals surface area contributed by atoms with Crippen molar-refractivity contribution in [2.45, 2.75) is 19.3 Å². The number of aromatic nitrogens is 1. The second-order valence-corrected chi connectivity index (χ2v) is 5.85. The molecular weight excluding hydrogens is 244 g/mol. The molecule has 1 atom stereocenters. The van der Waals surface area contributed by atoms with Crippen molar-refractivity contribution in [3.63, 3.8) is 0 Å². The van der Waals surface area contributed by atoms with Crippen molar-refractivity contribution in [2.75, 3.05) is 45.8 Å². The molecule has 1 saturated heterocycles. The Balaban J connectivity index is 1.57. The van der Waals surface area contributed by atoms with Gasteiger partial charge in [0, 0.05) is 50.2 Å². The highest BCUT2D eigenvalue weighted by Crippen LogP contribution is 2.16. The summed E-state index contributed by atoms with van der Waals surface area (Å²) in [6, 6.07) is 0. The van der Waals surface area contributed by atoms with Crippen molar-refractivity contribution < 1.29 is 0 Å². The molecule has 2 heterocycles. The van der Waals surface area contributed by atoms with E-state index in [-0.39, 0.29) is 0 Å². The third-order valence-corrected chi connectivity index (χ3v) is 4.37. The number of nitrogens with one attached hydrogen (secondary N) is 2. The highest BCUT2D eigenvalue weighted by Gasteiger charge is 2.09. The molecule has 0 aliphatic carbocycles. The third kappa shape index (κ3) is 4.65. The average Bonchev–Trinajstić information content (AvgIpc) is 2.80. The number of nitrogens with zero attached hydrogens (tertiary/aromatic N) is 2. The monoisotopic (exact) mass is 268 g/mol. The standard InChI is InChI=1S/C13H24N4S/c1-12(13-16-6-10-18-13)11-15-5-9-17-7-2-3-14-4-8-17/h6,10,12,14-15H,2-5,7-9,11H2,1H3. The fourth-order valence-electron chi connectivity index (χ4n) is 2.25. The quantitative estimate of drug-likeness (QED) is 0.759. The van der Waals surface area contributed by atoms with Crippen LogP contribution in [-0.2, 0) is 0 Å². The van der Waals surface area contributed by atoms with Crippen molar-refractivity contribution in [1.82, 2.24) is 20.5 Å². The minimum Gasteiger partial charge on any atom is -0.315 e. The summed E-state index contributed by atoms with van der Waals surface area (Å²) in [6.45, 7) is 10.2. The zero-order chi connectivity index (χ0) is 12.6. The summed E-state index contributed by atoms with van der Waals surface area (Å²) in [6.07, 6.45) is 3.16. The lowest BCUT2D eigenvalue weighted by Crippen LogP contribution is -2.35. The number of thiazole rings is 1. The molecule has 0 radical (unpaired) electrons. The van der Waals surface area contributed by atoms with Crippen molar-refractivity contribution in [1.29, 1.82) is 0 Å². The van der Waals surface area contributed by atoms with E-state index >= 15 is 0 Å². The number of hydrogen-bond acceptors (Lipinski definition) is 5. The van der Waals surface area contributed by atoms with Gasteiger partial charge < -0.3 is 15.5 Å². The Morgan fingerprint density at radius 2 is 2.44 bits per heavy atom. The summed E-state index contributed by atoms with van der Waals surface area (Å²) in [5, 5.41) is 10.3. The molecular formula is C13H24N4S. The van der Waals surface area contributed by atoms with Gasteiger partial charge in [-0.25, -0.2) is 4.98 Å². The van der Waals surface area contributed by atoms with E-state index in [0.717, 1.165) is 26.2 Å². The molecule has 0 spiro atoms. The Morgan fingerprint density at radius 1 is 1.50 bits per heavy atom. The summed E-state index contributed by atoms with van der Waals surface area (Å²) in [4.78, 5) is 6.90. The van der Waals surface area contributed by atoms with Gasteiger partial charge in [0.05, 0.1) is 5.01 Å². The van der Waals surface area contributed by atoms with Crippen LogP contribution >= 0.6 is 11.3 Å². The van der Waals surface area contributed by atoms with Gasteiger partial charge in [-0.3, -0.25) is 0 Å². The molecule has 1 aliphatic rings. The van der Waals surface area contributed by atoms with Crippen LogP contribution in [0.1, 0.15) is 24.3 Å². The van der Waals surface area contributed by atoms with E-state index in [1.165, 1.54) is 31.1 Å². The van der Waals surface area contributed by atoms with Crippen molar-refractivity contribution >= 4 is 11.3 Å². The van der Waals surface area contributed by atoms with Gasteiger partial charge in [0.2, 0.25) is 0 Å². The van der Waals surface area contributed by atoms with Gasteiger partial charge >= 0.3 is 0 Å². The lowest BCUT2D eigenvalue weighted by atomic mass is 10.2. The van der Waals surface area contributed by atoms with Crippen LogP contribution < -0.4 is 10.6 Å². The van der Waals surface area contributed by atoms with E-state index in [4.69, 9.17) is 0 Å². The highest BCUT2D eigenvalue weighted by molar-refractivity contribution is 7.09. The smallest absolute Gasteiger partial charge is 0.0965 e. The van der Waals surface area contributed by atoms with Crippen molar-refractivity contribution in [3.8, 4) is 0 Å². The van der Waals surface area contributed by atoms with Crippen LogP contribution in [0.25, 0.3) is 0 Å². The fourth-order valence-corrected chi connectivity index (χ4v) is 2.94. The Labute approximate surface area is 114 Å². The highest BCUT2D eigenvalue weighted by atomic mass is 32.1. The molecule has 1 aliphatic heterocycles. The van der Waals surface area contributed by atoms with E-state index in [1.807, 2.05) is 6.20 Å². The normalized spacial score (nSPS) is 19.6. The van der Waals surface area contributed by atoms with Crippen molar-refractivity contribution in [2.24, 2.45) is 0 Å². The summed E-state index contributed by atoms with van der Waals surface area (Å²) in [5.41, 5.74) is 0. The van der Waals surface area contributed by atoms with Gasteiger partial charge in [0.25, 0.3) is 0 Å². The van der Waals surface area contributed by atoms with Crippen LogP contribution in [0.5, 0.6) is 0 Å². The van der Waals surface area contributed by atoms with Crippen LogP contribution in [0.2, 0.25) is 0 Å². The maximum Gasteiger partial charge on any atom is 0.0965 e. The van der Waals surface area contributed by atoms with Crippen LogP contribution in [0.3, 0.4) is 0 Å². The molecule has 5 heteroatoms. The first kappa shape index (κ1) is 13.9. The molecule has 1 fully saturated rings. The molecule has 1 unspecified atom stereocenters. The third-order valence-electron chi connectivity index (χ3n) is 3.36. The molecule has 102 valence electrons. The molecule has 4 nitrogen and oxygen atoms in total. The van der Waals surface area contributed by atoms with Gasteiger partial charge in [-0.1, -0.05) is 6.92 Å².